The highest BCUT2D eigenvalue weighted by Crippen LogP contribution is 2.43. The second-order valence-electron chi connectivity index (χ2n) is 6.84. The van der Waals surface area contributed by atoms with E-state index in [0.29, 0.717) is 13.1 Å². The predicted molar refractivity (Wildman–Crippen MR) is 116 cm³/mol. The van der Waals surface area contributed by atoms with Crippen LogP contribution in [0.4, 0.5) is 0 Å². The van der Waals surface area contributed by atoms with Crippen LogP contribution in [0.1, 0.15) is 34.5 Å². The second-order valence-corrected chi connectivity index (χ2v) is 8.61. The lowest BCUT2D eigenvalue weighted by Crippen LogP contribution is -2.37. The zero-order valence-electron chi connectivity index (χ0n) is 15.7. The molecule has 0 radical (unpaired) electrons. The first-order chi connectivity index (χ1) is 13.6. The maximum atomic E-state index is 12.4. The van der Waals surface area contributed by atoms with Crippen molar-refractivity contribution in [1.82, 2.24) is 9.88 Å². The van der Waals surface area contributed by atoms with Crippen molar-refractivity contribution in [3.05, 3.63) is 87.4 Å². The van der Waals surface area contributed by atoms with Crippen LogP contribution >= 0.6 is 22.9 Å². The largest absolute Gasteiger partial charge is 0.333 e. The van der Waals surface area contributed by atoms with Gasteiger partial charge in [0.05, 0.1) is 10.9 Å². The van der Waals surface area contributed by atoms with Crippen LogP contribution in [0.2, 0.25) is 4.34 Å². The minimum Gasteiger partial charge on any atom is -0.333 e. The summed E-state index contributed by atoms with van der Waals surface area (Å²) in [7, 11) is 0. The number of fused-ring (bicyclic) bond motifs is 1. The van der Waals surface area contributed by atoms with E-state index in [0.717, 1.165) is 26.9 Å². The second kappa shape index (κ2) is 7.90. The molecule has 28 heavy (non-hydrogen) atoms. The molecule has 0 unspecified atom stereocenters. The van der Waals surface area contributed by atoms with Gasteiger partial charge in [-0.1, -0.05) is 55.4 Å². The van der Waals surface area contributed by atoms with Crippen LogP contribution in [0.5, 0.6) is 0 Å². The molecule has 1 amide bonds. The normalized spacial score (nSPS) is 15.9. The molecule has 0 saturated heterocycles. The van der Waals surface area contributed by atoms with Gasteiger partial charge in [0.15, 0.2) is 0 Å². The Morgan fingerprint density at radius 2 is 2.07 bits per heavy atom. The van der Waals surface area contributed by atoms with Gasteiger partial charge in [-0.15, -0.1) is 11.3 Å². The summed E-state index contributed by atoms with van der Waals surface area (Å²) in [4.78, 5) is 20.0. The molecule has 0 aliphatic carbocycles. The number of amides is 1. The summed E-state index contributed by atoms with van der Waals surface area (Å²) in [6, 6.07) is 14.6. The van der Waals surface area contributed by atoms with Gasteiger partial charge in [-0.25, -0.2) is 0 Å². The number of benzene rings is 1. The van der Waals surface area contributed by atoms with Gasteiger partial charge in [0.25, 0.3) is 0 Å². The first kappa shape index (κ1) is 18.9. The molecule has 0 saturated carbocycles. The Kier molecular flexibility index (Phi) is 5.33. The van der Waals surface area contributed by atoms with Crippen molar-refractivity contribution in [1.29, 1.82) is 0 Å². The van der Waals surface area contributed by atoms with Gasteiger partial charge in [0.2, 0.25) is 5.91 Å². The number of carbonyl (C=O) groups excluding carboxylic acids is 1. The van der Waals surface area contributed by atoms with E-state index in [9.17, 15) is 4.79 Å². The zero-order valence-corrected chi connectivity index (χ0v) is 17.3. The molecule has 2 aromatic heterocycles. The third-order valence-electron chi connectivity index (χ3n) is 5.26. The molecule has 1 aliphatic rings. The molecule has 3 heterocycles. The highest BCUT2D eigenvalue weighted by Gasteiger charge is 2.31. The summed E-state index contributed by atoms with van der Waals surface area (Å²) in [6.07, 6.45) is 4.10. The first-order valence-corrected chi connectivity index (χ1v) is 10.5. The van der Waals surface area contributed by atoms with Crippen molar-refractivity contribution in [3.63, 3.8) is 0 Å². The Balaban J connectivity index is 1.87. The standard InChI is InChI=1S/C23H21ClN2OS/c1-3-20-17(10-7-11-25-20)15-8-5-6-9-16(15)19-13-26(23(27)4-2)14-21-18(19)12-22(24)28-21/h4-12,19H,2-3,13-14H2,1H3/t19-/m1/s1. The quantitative estimate of drug-likeness (QED) is 0.520. The number of hydrogen-bond acceptors (Lipinski definition) is 3. The Morgan fingerprint density at radius 1 is 1.29 bits per heavy atom. The van der Waals surface area contributed by atoms with Gasteiger partial charge in [0.1, 0.15) is 0 Å². The molecule has 3 nitrogen and oxygen atoms in total. The van der Waals surface area contributed by atoms with Gasteiger partial charge in [-0.2, -0.15) is 0 Å². The number of thiophene rings is 1. The van der Waals surface area contributed by atoms with E-state index in [2.05, 4.69) is 54.9 Å². The van der Waals surface area contributed by atoms with E-state index in [4.69, 9.17) is 11.6 Å². The SMILES string of the molecule is C=CC(=O)N1Cc2sc(Cl)cc2[C@@H](c2ccccc2-c2cccnc2CC)C1. The predicted octanol–water partition coefficient (Wildman–Crippen LogP) is 5.69. The number of carbonyl (C=O) groups is 1. The molecule has 1 aliphatic heterocycles. The smallest absolute Gasteiger partial charge is 0.246 e. The number of halogens is 1. The van der Waals surface area contributed by atoms with Crippen LogP contribution in [0.15, 0.2) is 61.3 Å². The molecule has 5 heteroatoms. The number of aromatic nitrogens is 1. The number of hydrogen-bond donors (Lipinski definition) is 0. The van der Waals surface area contributed by atoms with E-state index >= 15 is 0 Å². The lowest BCUT2D eigenvalue weighted by molar-refractivity contribution is -0.127. The number of pyridine rings is 1. The van der Waals surface area contributed by atoms with E-state index in [-0.39, 0.29) is 11.8 Å². The molecular formula is C23H21ClN2OS. The highest BCUT2D eigenvalue weighted by atomic mass is 35.5. The minimum atomic E-state index is -0.0479. The van der Waals surface area contributed by atoms with Crippen LogP contribution in [-0.2, 0) is 17.8 Å². The average molecular weight is 409 g/mol. The van der Waals surface area contributed by atoms with Gasteiger partial charge >= 0.3 is 0 Å². The summed E-state index contributed by atoms with van der Waals surface area (Å²) >= 11 is 7.91. The van der Waals surface area contributed by atoms with Gasteiger partial charge in [-0.05, 0) is 41.3 Å². The van der Waals surface area contributed by atoms with Crippen molar-refractivity contribution in [2.75, 3.05) is 6.54 Å². The van der Waals surface area contributed by atoms with Crippen molar-refractivity contribution >= 4 is 28.8 Å². The van der Waals surface area contributed by atoms with Crippen LogP contribution in [0.3, 0.4) is 0 Å². The summed E-state index contributed by atoms with van der Waals surface area (Å²) < 4.78 is 0.760. The van der Waals surface area contributed by atoms with Crippen LogP contribution in [0.25, 0.3) is 11.1 Å². The fraction of sp³-hybridized carbons (Fsp3) is 0.217. The Morgan fingerprint density at radius 3 is 2.86 bits per heavy atom. The number of rotatable bonds is 4. The van der Waals surface area contributed by atoms with Crippen molar-refractivity contribution in [2.45, 2.75) is 25.8 Å². The van der Waals surface area contributed by atoms with Crippen molar-refractivity contribution < 1.29 is 4.79 Å². The van der Waals surface area contributed by atoms with Gasteiger partial charge in [0, 0.05) is 34.8 Å². The Labute approximate surface area is 174 Å². The molecular weight excluding hydrogens is 388 g/mol. The Bertz CT molecular complexity index is 1040. The molecule has 1 atom stereocenters. The van der Waals surface area contributed by atoms with E-state index in [1.54, 1.807) is 11.3 Å². The Hall–Kier alpha value is -2.43. The number of aryl methyl sites for hydroxylation is 1. The summed E-state index contributed by atoms with van der Waals surface area (Å²) in [5, 5.41) is 0. The summed E-state index contributed by atoms with van der Waals surface area (Å²) in [6.45, 7) is 6.98. The van der Waals surface area contributed by atoms with Crippen LogP contribution in [-0.4, -0.2) is 22.3 Å². The lowest BCUT2D eigenvalue weighted by atomic mass is 9.83. The number of nitrogens with zero attached hydrogens (tertiary/aromatic N) is 2. The monoisotopic (exact) mass is 408 g/mol. The fourth-order valence-corrected chi connectivity index (χ4v) is 5.32. The molecule has 0 N–H and O–H groups in total. The van der Waals surface area contributed by atoms with Gasteiger partial charge in [-0.3, -0.25) is 9.78 Å². The maximum absolute atomic E-state index is 12.4. The summed E-state index contributed by atoms with van der Waals surface area (Å²) in [5.41, 5.74) is 5.81. The molecule has 0 spiro atoms. The topological polar surface area (TPSA) is 33.2 Å². The zero-order chi connectivity index (χ0) is 19.7. The summed E-state index contributed by atoms with van der Waals surface area (Å²) in [5.74, 6) is 0.0193. The van der Waals surface area contributed by atoms with E-state index in [1.165, 1.54) is 22.8 Å². The van der Waals surface area contributed by atoms with E-state index < -0.39 is 0 Å². The molecule has 3 aromatic rings. The third-order valence-corrected chi connectivity index (χ3v) is 6.53. The molecule has 1 aromatic carbocycles. The lowest BCUT2D eigenvalue weighted by Gasteiger charge is -2.33. The fourth-order valence-electron chi connectivity index (χ4n) is 3.96. The maximum Gasteiger partial charge on any atom is 0.246 e. The van der Waals surface area contributed by atoms with E-state index in [1.807, 2.05) is 17.2 Å². The van der Waals surface area contributed by atoms with Crippen LogP contribution < -0.4 is 0 Å². The molecule has 0 bridgehead atoms. The third kappa shape index (κ3) is 3.38. The molecule has 4 rings (SSSR count). The van der Waals surface area contributed by atoms with Crippen molar-refractivity contribution in [2.24, 2.45) is 0 Å². The van der Waals surface area contributed by atoms with Gasteiger partial charge < -0.3 is 4.90 Å². The van der Waals surface area contributed by atoms with Crippen molar-refractivity contribution in [3.8, 4) is 11.1 Å². The molecule has 0 fully saturated rings. The molecule has 142 valence electrons. The highest BCUT2D eigenvalue weighted by molar-refractivity contribution is 7.16. The average Bonchev–Trinajstić information content (AvgIpc) is 3.12. The minimum absolute atomic E-state index is 0.0479. The first-order valence-electron chi connectivity index (χ1n) is 9.35. The van der Waals surface area contributed by atoms with Crippen LogP contribution in [0, 0.1) is 0 Å².